The first-order valence-electron chi connectivity index (χ1n) is 15.2. The van der Waals surface area contributed by atoms with Crippen LogP contribution < -0.4 is 15.8 Å². The summed E-state index contributed by atoms with van der Waals surface area (Å²) in [4.78, 5) is 24.1. The number of nitrogens with zero attached hydrogens (tertiary/aromatic N) is 5. The van der Waals surface area contributed by atoms with Crippen molar-refractivity contribution in [2.45, 2.75) is 34.1 Å². The summed E-state index contributed by atoms with van der Waals surface area (Å²) in [5.74, 6) is 0. The predicted molar refractivity (Wildman–Crippen MR) is 173 cm³/mol. The number of nitrogens with one attached hydrogen (secondary N) is 2. The van der Waals surface area contributed by atoms with Gasteiger partial charge in [-0.05, 0) is 62.7 Å². The summed E-state index contributed by atoms with van der Waals surface area (Å²) in [5, 5.41) is 8.09. The Hall–Kier alpha value is -3.82. The van der Waals surface area contributed by atoms with Crippen LogP contribution in [0.4, 0.5) is 11.4 Å². The molecule has 2 N–H and O–H groups in total. The quantitative estimate of drug-likeness (QED) is 0.380. The van der Waals surface area contributed by atoms with Crippen molar-refractivity contribution >= 4 is 23.1 Å². The highest BCUT2D eigenvalue weighted by Crippen LogP contribution is 2.33. The SMILES string of the molecule is CCC(C)=C(Nc1ccc(N2CCOCC2)cc1)c1c(/C=C(\C)N2CCN(CC)CC2)c(-c2cnn(C)c2)c[nH]c1=O. The van der Waals surface area contributed by atoms with E-state index in [9.17, 15) is 4.79 Å². The average molecular weight is 572 g/mol. The van der Waals surface area contributed by atoms with Gasteiger partial charge in [-0.25, -0.2) is 0 Å². The van der Waals surface area contributed by atoms with Crippen molar-refractivity contribution in [2.75, 3.05) is 69.2 Å². The molecule has 2 aromatic heterocycles. The Morgan fingerprint density at radius 1 is 1.05 bits per heavy atom. The highest BCUT2D eigenvalue weighted by Gasteiger charge is 2.22. The number of aromatic nitrogens is 3. The molecule has 9 heteroatoms. The lowest BCUT2D eigenvalue weighted by Gasteiger charge is -2.36. The molecule has 0 amide bonds. The molecular formula is C33H45N7O2. The number of anilines is 2. The van der Waals surface area contributed by atoms with Crippen molar-refractivity contribution in [3.63, 3.8) is 0 Å². The Kier molecular flexibility index (Phi) is 9.49. The normalized spacial score (nSPS) is 17.4. The molecule has 2 aliphatic rings. The molecule has 42 heavy (non-hydrogen) atoms. The largest absolute Gasteiger partial charge is 0.378 e. The van der Waals surface area contributed by atoms with Crippen molar-refractivity contribution in [3.8, 4) is 11.1 Å². The molecule has 3 aromatic rings. The summed E-state index contributed by atoms with van der Waals surface area (Å²) in [6.45, 7) is 17.0. The van der Waals surface area contributed by atoms with Crippen LogP contribution in [0.3, 0.4) is 0 Å². The van der Waals surface area contributed by atoms with Gasteiger partial charge in [-0.3, -0.25) is 9.48 Å². The van der Waals surface area contributed by atoms with Crippen LogP contribution in [0.15, 0.2) is 58.9 Å². The number of aromatic amines is 1. The van der Waals surface area contributed by atoms with E-state index >= 15 is 0 Å². The van der Waals surface area contributed by atoms with E-state index in [1.54, 1.807) is 4.68 Å². The smallest absolute Gasteiger partial charge is 0.257 e. The molecule has 2 saturated heterocycles. The number of likely N-dealkylation sites (N-methyl/N-ethyl adjacent to an activating group) is 1. The van der Waals surface area contributed by atoms with Crippen LogP contribution in [0.1, 0.15) is 45.2 Å². The van der Waals surface area contributed by atoms with Crippen LogP contribution in [0.2, 0.25) is 0 Å². The molecule has 4 heterocycles. The van der Waals surface area contributed by atoms with Gasteiger partial charge >= 0.3 is 0 Å². The number of allylic oxidation sites excluding steroid dienone is 2. The summed E-state index contributed by atoms with van der Waals surface area (Å²) in [6.07, 6.45) is 8.69. The lowest BCUT2D eigenvalue weighted by molar-refractivity contribution is 0.122. The first kappa shape index (κ1) is 29.7. The molecule has 5 rings (SSSR count). The van der Waals surface area contributed by atoms with E-state index in [1.807, 2.05) is 25.6 Å². The van der Waals surface area contributed by atoms with Crippen molar-refractivity contribution in [2.24, 2.45) is 7.05 Å². The van der Waals surface area contributed by atoms with E-state index in [0.29, 0.717) is 5.56 Å². The van der Waals surface area contributed by atoms with E-state index in [1.165, 1.54) is 5.69 Å². The number of H-pyrrole nitrogens is 1. The molecule has 0 saturated carbocycles. The molecule has 9 nitrogen and oxygen atoms in total. The predicted octanol–water partition coefficient (Wildman–Crippen LogP) is 4.86. The topological polar surface area (TPSA) is 81.7 Å². The number of hydrogen-bond donors (Lipinski definition) is 2. The van der Waals surface area contributed by atoms with Crippen LogP contribution in [-0.2, 0) is 11.8 Å². The van der Waals surface area contributed by atoms with E-state index in [2.05, 4.69) is 88.1 Å². The van der Waals surface area contributed by atoms with Gasteiger partial charge in [-0.2, -0.15) is 5.10 Å². The van der Waals surface area contributed by atoms with Crippen molar-refractivity contribution < 1.29 is 4.74 Å². The summed E-state index contributed by atoms with van der Waals surface area (Å²) >= 11 is 0. The maximum atomic E-state index is 13.8. The Labute approximate surface area is 249 Å². The molecule has 0 spiro atoms. The van der Waals surface area contributed by atoms with Crippen LogP contribution in [0.5, 0.6) is 0 Å². The third kappa shape index (κ3) is 6.63. The number of morpholine rings is 1. The molecule has 1 aromatic carbocycles. The Morgan fingerprint density at radius 2 is 1.76 bits per heavy atom. The number of hydrogen-bond acceptors (Lipinski definition) is 7. The second kappa shape index (κ2) is 13.4. The monoisotopic (exact) mass is 571 g/mol. The summed E-state index contributed by atoms with van der Waals surface area (Å²) in [7, 11) is 1.92. The fraction of sp³-hybridized carbons (Fsp3) is 0.455. The van der Waals surface area contributed by atoms with Gasteiger partial charge in [-0.15, -0.1) is 0 Å². The molecule has 2 aliphatic heterocycles. The Balaban J connectivity index is 1.57. The zero-order valence-corrected chi connectivity index (χ0v) is 25.7. The van der Waals surface area contributed by atoms with Gasteiger partial charge in [0.15, 0.2) is 0 Å². The lowest BCUT2D eigenvalue weighted by Crippen LogP contribution is -2.45. The second-order valence-electron chi connectivity index (χ2n) is 11.2. The van der Waals surface area contributed by atoms with Gasteiger partial charge in [0.1, 0.15) is 0 Å². The van der Waals surface area contributed by atoms with E-state index in [4.69, 9.17) is 4.74 Å². The minimum absolute atomic E-state index is 0.113. The highest BCUT2D eigenvalue weighted by molar-refractivity contribution is 5.88. The number of rotatable bonds is 9. The van der Waals surface area contributed by atoms with Crippen LogP contribution >= 0.6 is 0 Å². The van der Waals surface area contributed by atoms with Gasteiger partial charge in [0.05, 0.1) is 30.7 Å². The van der Waals surface area contributed by atoms with Gasteiger partial charge in [0.2, 0.25) is 0 Å². The minimum atomic E-state index is -0.113. The van der Waals surface area contributed by atoms with Crippen LogP contribution in [0.25, 0.3) is 22.9 Å². The lowest BCUT2D eigenvalue weighted by atomic mass is 9.94. The van der Waals surface area contributed by atoms with Gasteiger partial charge in [-0.1, -0.05) is 13.8 Å². The fourth-order valence-corrected chi connectivity index (χ4v) is 5.74. The third-order valence-electron chi connectivity index (χ3n) is 8.54. The van der Waals surface area contributed by atoms with Crippen molar-refractivity contribution in [3.05, 3.63) is 75.6 Å². The molecule has 0 atom stereocenters. The number of aryl methyl sites for hydroxylation is 1. The maximum Gasteiger partial charge on any atom is 0.257 e. The summed E-state index contributed by atoms with van der Waals surface area (Å²) < 4.78 is 7.32. The zero-order valence-electron chi connectivity index (χ0n) is 25.7. The number of piperazine rings is 1. The van der Waals surface area contributed by atoms with Crippen LogP contribution in [0, 0.1) is 0 Å². The van der Waals surface area contributed by atoms with Gasteiger partial charge in [0, 0.05) is 92.5 Å². The van der Waals surface area contributed by atoms with E-state index in [0.717, 1.165) is 105 Å². The highest BCUT2D eigenvalue weighted by atomic mass is 16.5. The maximum absolute atomic E-state index is 13.8. The number of benzene rings is 1. The average Bonchev–Trinajstić information content (AvgIpc) is 3.46. The third-order valence-corrected chi connectivity index (χ3v) is 8.54. The van der Waals surface area contributed by atoms with Crippen LogP contribution in [-0.4, -0.2) is 83.6 Å². The first-order chi connectivity index (χ1) is 20.4. The Morgan fingerprint density at radius 3 is 2.38 bits per heavy atom. The van der Waals surface area contributed by atoms with E-state index in [-0.39, 0.29) is 5.56 Å². The Bertz CT molecular complexity index is 1470. The summed E-state index contributed by atoms with van der Waals surface area (Å²) in [5.41, 5.74) is 8.61. The minimum Gasteiger partial charge on any atom is -0.378 e. The number of ether oxygens (including phenoxy) is 1. The molecule has 0 unspecified atom stereocenters. The summed E-state index contributed by atoms with van der Waals surface area (Å²) in [6, 6.07) is 8.48. The molecular weight excluding hydrogens is 526 g/mol. The molecule has 0 aliphatic carbocycles. The van der Waals surface area contributed by atoms with Gasteiger partial charge < -0.3 is 29.7 Å². The van der Waals surface area contributed by atoms with Crippen molar-refractivity contribution in [1.82, 2.24) is 24.6 Å². The molecule has 224 valence electrons. The fourth-order valence-electron chi connectivity index (χ4n) is 5.74. The van der Waals surface area contributed by atoms with Crippen molar-refractivity contribution in [1.29, 1.82) is 0 Å². The van der Waals surface area contributed by atoms with E-state index < -0.39 is 0 Å². The van der Waals surface area contributed by atoms with Gasteiger partial charge in [0.25, 0.3) is 5.56 Å². The standard InChI is InChI=1S/C33H45N7O2/c1-6-24(3)32(36-27-8-10-28(11-9-27)40-16-18-42-19-17-40)31-29(20-25(4)39-14-12-38(7-2)13-15-39)30(22-34-33(31)41)26-21-35-37(5)23-26/h8-11,20-23,36H,6-7,12-19H2,1-5H3,(H,34,41)/b25-20+,32-24?. The first-order valence-corrected chi connectivity index (χ1v) is 15.2. The second-order valence-corrected chi connectivity index (χ2v) is 11.2. The molecule has 0 bridgehead atoms. The molecule has 2 fully saturated rings. The molecule has 0 radical (unpaired) electrons. The zero-order chi connectivity index (χ0) is 29.6. The number of pyridine rings is 1.